The first-order chi connectivity index (χ1) is 15.6. The Hall–Kier alpha value is -3.28. The monoisotopic (exact) mass is 479 g/mol. The van der Waals surface area contributed by atoms with E-state index in [0.717, 1.165) is 22.5 Å². The van der Waals surface area contributed by atoms with Gasteiger partial charge in [0.05, 0.1) is 17.1 Å². The lowest BCUT2D eigenvalue weighted by molar-refractivity contribution is -0.137. The van der Waals surface area contributed by atoms with Crippen molar-refractivity contribution in [3.8, 4) is 11.4 Å². The number of halogens is 3. The van der Waals surface area contributed by atoms with Gasteiger partial charge in [-0.2, -0.15) is 18.0 Å². The van der Waals surface area contributed by atoms with Gasteiger partial charge in [-0.1, -0.05) is 42.5 Å². The highest BCUT2D eigenvalue weighted by molar-refractivity contribution is 7.91. The molecule has 1 saturated heterocycles. The predicted molar refractivity (Wildman–Crippen MR) is 112 cm³/mol. The number of rotatable bonds is 6. The van der Waals surface area contributed by atoms with Crippen LogP contribution in [0.4, 0.5) is 13.2 Å². The highest BCUT2D eigenvalue weighted by atomic mass is 32.2. The molecular weight excluding hydrogens is 459 g/mol. The molecule has 1 atom stereocenters. The van der Waals surface area contributed by atoms with E-state index in [1.165, 1.54) is 17.0 Å². The van der Waals surface area contributed by atoms with E-state index in [2.05, 4.69) is 15.4 Å². The summed E-state index contributed by atoms with van der Waals surface area (Å²) in [4.78, 5) is 15.6. The third kappa shape index (κ3) is 5.56. The molecular formula is C21H20F3N5O3S. The van der Waals surface area contributed by atoms with Crippen molar-refractivity contribution >= 4 is 15.7 Å². The number of aromatic nitrogens is 4. The van der Waals surface area contributed by atoms with Gasteiger partial charge in [0.25, 0.3) is 0 Å². The molecule has 0 bridgehead atoms. The van der Waals surface area contributed by atoms with Gasteiger partial charge in [-0.3, -0.25) is 4.79 Å². The molecule has 12 heteroatoms. The van der Waals surface area contributed by atoms with Gasteiger partial charge in [-0.25, -0.2) is 8.42 Å². The van der Waals surface area contributed by atoms with Crippen molar-refractivity contribution in [3.63, 3.8) is 0 Å². The Kier molecular flexibility index (Phi) is 6.19. The zero-order valence-electron chi connectivity index (χ0n) is 17.3. The molecule has 1 unspecified atom stereocenters. The minimum atomic E-state index is -4.51. The van der Waals surface area contributed by atoms with Gasteiger partial charge in [0, 0.05) is 18.2 Å². The van der Waals surface area contributed by atoms with E-state index < -0.39 is 33.5 Å². The first-order valence-electron chi connectivity index (χ1n) is 10.1. The lowest BCUT2D eigenvalue weighted by Gasteiger charge is -2.28. The summed E-state index contributed by atoms with van der Waals surface area (Å²) in [5.41, 5.74) is 0.113. The van der Waals surface area contributed by atoms with Crippen molar-refractivity contribution in [2.45, 2.75) is 31.7 Å². The molecule has 0 spiro atoms. The quantitative estimate of drug-likeness (QED) is 0.539. The molecule has 174 valence electrons. The van der Waals surface area contributed by atoms with Gasteiger partial charge in [0.15, 0.2) is 9.84 Å². The molecule has 3 aromatic rings. The second-order valence-electron chi connectivity index (χ2n) is 7.79. The fourth-order valence-corrected chi connectivity index (χ4v) is 5.43. The number of carbonyl (C=O) groups is 1. The molecule has 2 aromatic carbocycles. The van der Waals surface area contributed by atoms with Gasteiger partial charge in [-0.05, 0) is 29.3 Å². The molecule has 2 heterocycles. The van der Waals surface area contributed by atoms with Crippen molar-refractivity contribution in [1.82, 2.24) is 25.1 Å². The van der Waals surface area contributed by atoms with Gasteiger partial charge in [-0.15, -0.1) is 10.2 Å². The highest BCUT2D eigenvalue weighted by Gasteiger charge is 2.35. The summed E-state index contributed by atoms with van der Waals surface area (Å²) in [6, 6.07) is 13.2. The molecule has 1 amide bonds. The Bertz CT molecular complexity index is 1250. The molecule has 1 aliphatic heterocycles. The van der Waals surface area contributed by atoms with E-state index >= 15 is 0 Å². The Morgan fingerprint density at radius 1 is 1.12 bits per heavy atom. The van der Waals surface area contributed by atoms with Gasteiger partial charge in [0.2, 0.25) is 11.7 Å². The van der Waals surface area contributed by atoms with Gasteiger partial charge >= 0.3 is 6.18 Å². The zero-order chi connectivity index (χ0) is 23.6. The molecule has 0 N–H and O–H groups in total. The third-order valence-corrected chi connectivity index (χ3v) is 7.09. The number of hydrogen-bond acceptors (Lipinski definition) is 6. The number of amides is 1. The summed E-state index contributed by atoms with van der Waals surface area (Å²) in [5, 5.41) is 11.6. The third-order valence-electron chi connectivity index (χ3n) is 5.34. The van der Waals surface area contributed by atoms with Crippen molar-refractivity contribution in [2.75, 3.05) is 11.5 Å². The molecule has 1 fully saturated rings. The van der Waals surface area contributed by atoms with Crippen LogP contribution in [0.3, 0.4) is 0 Å². The maximum absolute atomic E-state index is 13.1. The summed E-state index contributed by atoms with van der Waals surface area (Å²) < 4.78 is 62.9. The summed E-state index contributed by atoms with van der Waals surface area (Å²) in [5.74, 6) is -0.565. The van der Waals surface area contributed by atoms with Crippen LogP contribution >= 0.6 is 0 Å². The SMILES string of the molecule is O=C(Cn1nnc(-c2cccc(C(F)(F)F)c2)n1)N(Cc1ccccc1)C1CCS(=O)(=O)C1. The summed E-state index contributed by atoms with van der Waals surface area (Å²) in [6.07, 6.45) is -4.18. The number of nitrogens with zero attached hydrogens (tertiary/aromatic N) is 5. The zero-order valence-corrected chi connectivity index (χ0v) is 18.1. The highest BCUT2D eigenvalue weighted by Crippen LogP contribution is 2.31. The van der Waals surface area contributed by atoms with E-state index in [0.29, 0.717) is 6.42 Å². The predicted octanol–water partition coefficient (Wildman–Crippen LogP) is 2.57. The van der Waals surface area contributed by atoms with Crippen molar-refractivity contribution < 1.29 is 26.4 Å². The normalized spacial score (nSPS) is 17.7. The fraction of sp³-hybridized carbons (Fsp3) is 0.333. The van der Waals surface area contributed by atoms with Crippen LogP contribution in [0.1, 0.15) is 17.5 Å². The molecule has 0 saturated carbocycles. The Balaban J connectivity index is 1.53. The maximum Gasteiger partial charge on any atom is 0.416 e. The van der Waals surface area contributed by atoms with E-state index in [1.807, 2.05) is 30.3 Å². The van der Waals surface area contributed by atoms with Crippen LogP contribution in [-0.4, -0.2) is 57.0 Å². The Labute approximate surface area is 187 Å². The standard InChI is InChI=1S/C21H20F3N5O3S/c22-21(23,24)17-8-4-7-16(11-17)20-25-27-29(26-20)13-19(30)28(12-15-5-2-1-3-6-15)18-9-10-33(31,32)14-18/h1-8,11,18H,9-10,12-14H2. The second-order valence-corrected chi connectivity index (χ2v) is 10.0. The first-order valence-corrected chi connectivity index (χ1v) is 11.9. The first kappa shape index (κ1) is 22.9. The second kappa shape index (κ2) is 8.93. The van der Waals surface area contributed by atoms with Gasteiger partial charge < -0.3 is 4.90 Å². The number of sulfone groups is 1. The number of hydrogen-bond donors (Lipinski definition) is 0. The van der Waals surface area contributed by atoms with E-state index in [1.54, 1.807) is 0 Å². The van der Waals surface area contributed by atoms with Crippen molar-refractivity contribution in [1.29, 1.82) is 0 Å². The van der Waals surface area contributed by atoms with Crippen LogP contribution in [0.25, 0.3) is 11.4 Å². The molecule has 0 aliphatic carbocycles. The lowest BCUT2D eigenvalue weighted by atomic mass is 10.1. The summed E-state index contributed by atoms with van der Waals surface area (Å²) in [7, 11) is -3.22. The van der Waals surface area contributed by atoms with Crippen LogP contribution in [0.5, 0.6) is 0 Å². The maximum atomic E-state index is 13.1. The van der Waals surface area contributed by atoms with Crippen LogP contribution in [0.2, 0.25) is 0 Å². The molecule has 4 rings (SSSR count). The number of benzene rings is 2. The molecule has 33 heavy (non-hydrogen) atoms. The summed E-state index contributed by atoms with van der Waals surface area (Å²) >= 11 is 0. The number of tetrazole rings is 1. The largest absolute Gasteiger partial charge is 0.416 e. The lowest BCUT2D eigenvalue weighted by Crippen LogP contribution is -2.42. The van der Waals surface area contributed by atoms with Crippen LogP contribution in [0, 0.1) is 0 Å². The minimum Gasteiger partial charge on any atom is -0.333 e. The number of alkyl halides is 3. The van der Waals surface area contributed by atoms with Crippen molar-refractivity contribution in [3.05, 3.63) is 65.7 Å². The van der Waals surface area contributed by atoms with Gasteiger partial charge in [0.1, 0.15) is 6.54 Å². The topological polar surface area (TPSA) is 98.1 Å². The minimum absolute atomic E-state index is 0.0114. The number of carbonyl (C=O) groups excluding carboxylic acids is 1. The molecule has 1 aromatic heterocycles. The average molecular weight is 479 g/mol. The molecule has 1 aliphatic rings. The van der Waals surface area contributed by atoms with Crippen LogP contribution < -0.4 is 0 Å². The van der Waals surface area contributed by atoms with E-state index in [-0.39, 0.29) is 36.0 Å². The fourth-order valence-electron chi connectivity index (χ4n) is 3.69. The Morgan fingerprint density at radius 2 is 1.88 bits per heavy atom. The summed E-state index contributed by atoms with van der Waals surface area (Å²) in [6.45, 7) is -0.107. The average Bonchev–Trinajstić information content (AvgIpc) is 3.38. The van der Waals surface area contributed by atoms with Crippen LogP contribution in [-0.2, 0) is 33.9 Å². The Morgan fingerprint density at radius 3 is 2.55 bits per heavy atom. The van der Waals surface area contributed by atoms with Crippen molar-refractivity contribution in [2.24, 2.45) is 0 Å². The molecule has 8 nitrogen and oxygen atoms in total. The van der Waals surface area contributed by atoms with E-state index in [9.17, 15) is 26.4 Å². The smallest absolute Gasteiger partial charge is 0.333 e. The molecule has 0 radical (unpaired) electrons. The van der Waals surface area contributed by atoms with Crippen LogP contribution in [0.15, 0.2) is 54.6 Å². The van der Waals surface area contributed by atoms with E-state index in [4.69, 9.17) is 0 Å².